The Hall–Kier alpha value is -6.85. The van der Waals surface area contributed by atoms with Crippen molar-refractivity contribution in [2.45, 2.75) is 0 Å². The number of nitrogens with zero attached hydrogens (tertiary/aromatic N) is 2. The van der Waals surface area contributed by atoms with Crippen molar-refractivity contribution < 1.29 is 13.3 Å². The molecule has 11 aromatic rings. The molecular formula is C45H26N2O3. The van der Waals surface area contributed by atoms with Crippen molar-refractivity contribution in [3.8, 4) is 11.5 Å². The molecule has 3 heterocycles. The number of oxazole rings is 1. The van der Waals surface area contributed by atoms with E-state index in [2.05, 4.69) is 126 Å². The summed E-state index contributed by atoms with van der Waals surface area (Å²) < 4.78 is 19.4. The van der Waals surface area contributed by atoms with Crippen molar-refractivity contribution >= 4 is 93.6 Å². The van der Waals surface area contributed by atoms with Crippen LogP contribution in [0.5, 0.6) is 0 Å². The fraction of sp³-hybridized carbons (Fsp3) is 0. The molecule has 0 atom stereocenters. The SMILES string of the molecule is c1ccc(N(c2ccc3c(c2)oc2cc4ccccc4cc23)c2ccc3c(c2)oc2cccc(-c4nc5c(ccc6ccccc65)o4)c23)cc1. The van der Waals surface area contributed by atoms with Gasteiger partial charge in [0.25, 0.3) is 0 Å². The predicted octanol–water partition coefficient (Wildman–Crippen LogP) is 13.1. The Morgan fingerprint density at radius 1 is 0.380 bits per heavy atom. The van der Waals surface area contributed by atoms with E-state index in [9.17, 15) is 0 Å². The summed E-state index contributed by atoms with van der Waals surface area (Å²) in [6.45, 7) is 0. The molecule has 0 bridgehead atoms. The Bertz CT molecular complexity index is 3110. The van der Waals surface area contributed by atoms with Crippen LogP contribution in [0.15, 0.2) is 171 Å². The van der Waals surface area contributed by atoms with Gasteiger partial charge in [-0.1, -0.05) is 78.9 Å². The standard InChI is InChI=1S/C45H26N2O3/c1-2-12-30(13-3-1)47(31-18-20-34-37-23-28-10-4-5-11-29(28)24-40(37)49-41(34)25-31)32-19-21-35-42(26-32)48-38-16-8-15-36(43(35)38)45-46-44-33-14-7-6-9-27(33)17-22-39(44)50-45/h1-26H. The molecule has 0 saturated heterocycles. The van der Waals surface area contributed by atoms with Crippen LogP contribution < -0.4 is 4.90 Å². The Morgan fingerprint density at radius 2 is 1.06 bits per heavy atom. The van der Waals surface area contributed by atoms with E-state index in [0.29, 0.717) is 5.89 Å². The van der Waals surface area contributed by atoms with Crippen LogP contribution in [0.25, 0.3) is 88.0 Å². The fourth-order valence-electron chi connectivity index (χ4n) is 7.52. The number of hydrogen-bond donors (Lipinski definition) is 0. The van der Waals surface area contributed by atoms with E-state index < -0.39 is 0 Å². The van der Waals surface area contributed by atoms with Crippen LogP contribution in [0.2, 0.25) is 0 Å². The maximum atomic E-state index is 6.55. The van der Waals surface area contributed by atoms with Crippen molar-refractivity contribution in [2.75, 3.05) is 4.90 Å². The molecular weight excluding hydrogens is 617 g/mol. The first kappa shape index (κ1) is 27.1. The molecule has 11 rings (SSSR count). The average molecular weight is 643 g/mol. The van der Waals surface area contributed by atoms with Gasteiger partial charge in [-0.05, 0) is 82.9 Å². The van der Waals surface area contributed by atoms with Crippen LogP contribution in [0, 0.1) is 0 Å². The number of benzene rings is 8. The summed E-state index contributed by atoms with van der Waals surface area (Å²) in [6, 6.07) is 54.4. The van der Waals surface area contributed by atoms with Gasteiger partial charge >= 0.3 is 0 Å². The number of aromatic nitrogens is 1. The van der Waals surface area contributed by atoms with E-state index in [4.69, 9.17) is 18.2 Å². The second kappa shape index (κ2) is 10.3. The quantitative estimate of drug-likeness (QED) is 0.191. The normalized spacial score (nSPS) is 12.0. The minimum atomic E-state index is 0.576. The highest BCUT2D eigenvalue weighted by molar-refractivity contribution is 6.14. The van der Waals surface area contributed by atoms with E-state index in [-0.39, 0.29) is 0 Å². The van der Waals surface area contributed by atoms with Gasteiger partial charge in [0.15, 0.2) is 5.58 Å². The Balaban J connectivity index is 1.07. The smallest absolute Gasteiger partial charge is 0.228 e. The van der Waals surface area contributed by atoms with Gasteiger partial charge in [0, 0.05) is 61.7 Å². The van der Waals surface area contributed by atoms with Gasteiger partial charge in [-0.3, -0.25) is 0 Å². The predicted molar refractivity (Wildman–Crippen MR) is 204 cm³/mol. The zero-order chi connectivity index (χ0) is 32.8. The first-order valence-electron chi connectivity index (χ1n) is 16.7. The van der Waals surface area contributed by atoms with E-state index in [1.807, 2.05) is 36.4 Å². The minimum Gasteiger partial charge on any atom is -0.456 e. The lowest BCUT2D eigenvalue weighted by Crippen LogP contribution is -2.09. The van der Waals surface area contributed by atoms with Crippen molar-refractivity contribution in [3.63, 3.8) is 0 Å². The van der Waals surface area contributed by atoms with Crippen LogP contribution in [0.4, 0.5) is 17.1 Å². The molecule has 0 aliphatic rings. The molecule has 234 valence electrons. The number of fused-ring (bicyclic) bond motifs is 10. The third-order valence-electron chi connectivity index (χ3n) is 9.85. The largest absolute Gasteiger partial charge is 0.456 e. The highest BCUT2D eigenvalue weighted by Gasteiger charge is 2.21. The number of furan rings is 2. The molecule has 5 nitrogen and oxygen atoms in total. The van der Waals surface area contributed by atoms with Gasteiger partial charge in [0.05, 0.1) is 0 Å². The van der Waals surface area contributed by atoms with Crippen molar-refractivity contribution in [2.24, 2.45) is 0 Å². The third kappa shape index (κ3) is 4.04. The molecule has 5 heteroatoms. The Kier molecular flexibility index (Phi) is 5.60. The lowest BCUT2D eigenvalue weighted by atomic mass is 10.0. The number of rotatable bonds is 4. The van der Waals surface area contributed by atoms with Crippen LogP contribution in [-0.4, -0.2) is 4.98 Å². The second-order valence-electron chi connectivity index (χ2n) is 12.8. The molecule has 50 heavy (non-hydrogen) atoms. The summed E-state index contributed by atoms with van der Waals surface area (Å²) in [4.78, 5) is 7.24. The Labute approximate surface area is 285 Å². The van der Waals surface area contributed by atoms with Gasteiger partial charge < -0.3 is 18.2 Å². The molecule has 0 aliphatic carbocycles. The highest BCUT2D eigenvalue weighted by Crippen LogP contribution is 2.43. The molecule has 3 aromatic heterocycles. The van der Waals surface area contributed by atoms with E-state index in [0.717, 1.165) is 93.8 Å². The molecule has 0 unspecified atom stereocenters. The molecule has 0 saturated carbocycles. The molecule has 0 radical (unpaired) electrons. The van der Waals surface area contributed by atoms with E-state index in [1.165, 1.54) is 5.39 Å². The maximum Gasteiger partial charge on any atom is 0.228 e. The van der Waals surface area contributed by atoms with Crippen LogP contribution in [0.1, 0.15) is 0 Å². The summed E-state index contributed by atoms with van der Waals surface area (Å²) in [5, 5.41) is 8.76. The minimum absolute atomic E-state index is 0.576. The molecule has 0 fully saturated rings. The van der Waals surface area contributed by atoms with Gasteiger partial charge in [0.1, 0.15) is 27.8 Å². The molecule has 0 aliphatic heterocycles. The third-order valence-corrected chi connectivity index (χ3v) is 9.85. The first-order chi connectivity index (χ1) is 24.7. The molecule has 8 aromatic carbocycles. The monoisotopic (exact) mass is 642 g/mol. The van der Waals surface area contributed by atoms with Crippen molar-refractivity contribution in [1.29, 1.82) is 0 Å². The molecule has 0 N–H and O–H groups in total. The zero-order valence-corrected chi connectivity index (χ0v) is 26.6. The summed E-state index contributed by atoms with van der Waals surface area (Å²) >= 11 is 0. The summed E-state index contributed by atoms with van der Waals surface area (Å²) in [6.07, 6.45) is 0. The van der Waals surface area contributed by atoms with Crippen molar-refractivity contribution in [1.82, 2.24) is 4.98 Å². The first-order valence-corrected chi connectivity index (χ1v) is 16.7. The Morgan fingerprint density at radius 3 is 1.90 bits per heavy atom. The van der Waals surface area contributed by atoms with E-state index >= 15 is 0 Å². The molecule has 0 amide bonds. The lowest BCUT2D eigenvalue weighted by Gasteiger charge is -2.25. The van der Waals surface area contributed by atoms with Gasteiger partial charge in [-0.15, -0.1) is 0 Å². The van der Waals surface area contributed by atoms with Gasteiger partial charge in [-0.2, -0.15) is 0 Å². The zero-order valence-electron chi connectivity index (χ0n) is 26.6. The highest BCUT2D eigenvalue weighted by atomic mass is 16.4. The lowest BCUT2D eigenvalue weighted by molar-refractivity contribution is 0.620. The topological polar surface area (TPSA) is 55.6 Å². The summed E-state index contributed by atoms with van der Waals surface area (Å²) in [7, 11) is 0. The van der Waals surface area contributed by atoms with Crippen molar-refractivity contribution in [3.05, 3.63) is 158 Å². The van der Waals surface area contributed by atoms with E-state index in [1.54, 1.807) is 0 Å². The average Bonchev–Trinajstić information content (AvgIpc) is 3.87. The molecule has 0 spiro atoms. The second-order valence-corrected chi connectivity index (χ2v) is 12.8. The van der Waals surface area contributed by atoms with Gasteiger partial charge in [0.2, 0.25) is 5.89 Å². The van der Waals surface area contributed by atoms with Crippen LogP contribution in [0.3, 0.4) is 0 Å². The number of para-hydroxylation sites is 1. The summed E-state index contributed by atoms with van der Waals surface area (Å²) in [5.74, 6) is 0.576. The number of hydrogen-bond acceptors (Lipinski definition) is 5. The summed E-state index contributed by atoms with van der Waals surface area (Å²) in [5.41, 5.74) is 8.80. The van der Waals surface area contributed by atoms with Gasteiger partial charge in [-0.25, -0.2) is 4.98 Å². The maximum absolute atomic E-state index is 6.55. The number of anilines is 3. The van der Waals surface area contributed by atoms with Crippen LogP contribution in [-0.2, 0) is 0 Å². The van der Waals surface area contributed by atoms with Crippen LogP contribution >= 0.6 is 0 Å². The fourth-order valence-corrected chi connectivity index (χ4v) is 7.52.